The van der Waals surface area contributed by atoms with Crippen LogP contribution in [-0.4, -0.2) is 79.3 Å². The molecule has 0 unspecified atom stereocenters. The summed E-state index contributed by atoms with van der Waals surface area (Å²) in [4.78, 5) is 29.5. The van der Waals surface area contributed by atoms with Crippen LogP contribution in [0.1, 0.15) is 30.9 Å². The number of hydrogen-bond donors (Lipinski definition) is 3. The van der Waals surface area contributed by atoms with Gasteiger partial charge < -0.3 is 29.5 Å². The van der Waals surface area contributed by atoms with Gasteiger partial charge in [0.1, 0.15) is 17.5 Å². The van der Waals surface area contributed by atoms with Crippen molar-refractivity contribution in [1.82, 2.24) is 15.0 Å². The van der Waals surface area contributed by atoms with Crippen LogP contribution in [0.3, 0.4) is 0 Å². The topological polar surface area (TPSA) is 154 Å². The minimum atomic E-state index is -4.02. The summed E-state index contributed by atoms with van der Waals surface area (Å²) in [7, 11) is -2.36. The zero-order valence-corrected chi connectivity index (χ0v) is 25.1. The second kappa shape index (κ2) is 12.8. The van der Waals surface area contributed by atoms with Gasteiger partial charge in [0.15, 0.2) is 10.7 Å². The molecule has 2 aromatic carbocycles. The van der Waals surface area contributed by atoms with E-state index in [1.165, 1.54) is 18.7 Å². The molecule has 0 fully saturated rings. The molecular formula is C29H37N5O7S. The van der Waals surface area contributed by atoms with E-state index in [-0.39, 0.29) is 59.5 Å². The first kappa shape index (κ1) is 30.8. The number of rotatable bonds is 8. The second-order valence-corrected chi connectivity index (χ2v) is 12.3. The number of carbonyl (C=O) groups excluding carboxylic acids is 2. The monoisotopic (exact) mass is 599 g/mol. The number of nitrogens with zero attached hydrogens (tertiary/aromatic N) is 3. The van der Waals surface area contributed by atoms with E-state index in [0.717, 1.165) is 0 Å². The van der Waals surface area contributed by atoms with Crippen molar-refractivity contribution in [2.24, 2.45) is 5.92 Å². The van der Waals surface area contributed by atoms with E-state index in [1.807, 2.05) is 25.1 Å². The Labute approximate surface area is 245 Å². The third-order valence-corrected chi connectivity index (χ3v) is 8.86. The number of carbonyl (C=O) groups is 2. The summed E-state index contributed by atoms with van der Waals surface area (Å²) < 4.78 is 40.2. The molecule has 1 aromatic heterocycles. The second-order valence-electron chi connectivity index (χ2n) is 10.6. The Morgan fingerprint density at radius 3 is 2.55 bits per heavy atom. The SMILES string of the molecule is Cc1noc(C)c1S(=O)(=O)Nc1ccc2c(c1)CC(=O)N([C@@H](C)CO)C[C@H](C)[C@@H](CN(C)C(=O)Nc1ccccc1)O2. The number of benzene rings is 2. The molecule has 3 amide bonds. The summed E-state index contributed by atoms with van der Waals surface area (Å²) in [6, 6.07) is 13.0. The highest BCUT2D eigenvalue weighted by molar-refractivity contribution is 7.92. The van der Waals surface area contributed by atoms with Gasteiger partial charge in [-0.25, -0.2) is 13.2 Å². The molecule has 1 aliphatic heterocycles. The lowest BCUT2D eigenvalue weighted by molar-refractivity contribution is -0.134. The smallest absolute Gasteiger partial charge is 0.321 e. The molecule has 0 radical (unpaired) electrons. The van der Waals surface area contributed by atoms with Crippen molar-refractivity contribution in [1.29, 1.82) is 0 Å². The minimum absolute atomic E-state index is 0.0491. The Morgan fingerprint density at radius 1 is 1.19 bits per heavy atom. The molecule has 0 spiro atoms. The standard InChI is InChI=1S/C29H37N5O7S/c1-18-15-34(19(2)17-35)27(36)14-22-13-24(32-42(38,39)28-20(3)31-41-21(28)4)11-12-25(22)40-26(18)16-33(5)29(37)30-23-9-7-6-8-10-23/h6-13,18-19,26,32,35H,14-17H2,1-5H3,(H,30,37)/t18-,19-,26+/m0/s1. The molecule has 0 saturated heterocycles. The number of aryl methyl sites for hydroxylation is 2. The number of fused-ring (bicyclic) bond motifs is 1. The Kier molecular flexibility index (Phi) is 9.42. The summed E-state index contributed by atoms with van der Waals surface area (Å²) >= 11 is 0. The summed E-state index contributed by atoms with van der Waals surface area (Å²) in [5.74, 6) is 0.0939. The first-order valence-electron chi connectivity index (χ1n) is 13.6. The van der Waals surface area contributed by atoms with Crippen LogP contribution in [0.5, 0.6) is 5.75 Å². The maximum Gasteiger partial charge on any atom is 0.321 e. The third-order valence-electron chi connectivity index (χ3n) is 7.23. The largest absolute Gasteiger partial charge is 0.488 e. The number of anilines is 2. The van der Waals surface area contributed by atoms with Crippen molar-refractivity contribution in [3.05, 3.63) is 65.5 Å². The zero-order chi connectivity index (χ0) is 30.6. The molecule has 0 aliphatic carbocycles. The predicted octanol–water partition coefficient (Wildman–Crippen LogP) is 3.41. The van der Waals surface area contributed by atoms with Gasteiger partial charge in [0.2, 0.25) is 5.91 Å². The van der Waals surface area contributed by atoms with E-state index in [1.54, 1.807) is 49.2 Å². The van der Waals surface area contributed by atoms with Gasteiger partial charge in [-0.2, -0.15) is 0 Å². The van der Waals surface area contributed by atoms with Gasteiger partial charge in [0, 0.05) is 36.4 Å². The van der Waals surface area contributed by atoms with Gasteiger partial charge >= 0.3 is 6.03 Å². The molecule has 1 aliphatic rings. The van der Waals surface area contributed by atoms with Gasteiger partial charge in [0.25, 0.3) is 10.0 Å². The maximum atomic E-state index is 13.5. The molecule has 3 N–H and O–H groups in total. The lowest BCUT2D eigenvalue weighted by Gasteiger charge is -2.34. The van der Waals surface area contributed by atoms with Gasteiger partial charge in [-0.1, -0.05) is 30.3 Å². The first-order valence-corrected chi connectivity index (χ1v) is 15.1. The molecule has 3 aromatic rings. The number of ether oxygens (including phenoxy) is 1. The Morgan fingerprint density at radius 2 is 1.90 bits per heavy atom. The van der Waals surface area contributed by atoms with E-state index in [0.29, 0.717) is 23.5 Å². The highest BCUT2D eigenvalue weighted by Gasteiger charge is 2.32. The molecule has 2 heterocycles. The molecular weight excluding hydrogens is 562 g/mol. The number of amides is 3. The average Bonchev–Trinajstić information content (AvgIpc) is 3.31. The van der Waals surface area contributed by atoms with Crippen molar-refractivity contribution < 1.29 is 32.4 Å². The molecule has 3 atom stereocenters. The molecule has 0 saturated carbocycles. The van der Waals surface area contributed by atoms with Crippen molar-refractivity contribution in [3.8, 4) is 5.75 Å². The number of nitrogens with one attached hydrogen (secondary N) is 2. The van der Waals surface area contributed by atoms with Crippen LogP contribution in [0, 0.1) is 19.8 Å². The summed E-state index contributed by atoms with van der Waals surface area (Å²) in [6.45, 7) is 7.00. The number of sulfonamides is 1. The average molecular weight is 600 g/mol. The fraction of sp³-hybridized carbons (Fsp3) is 0.414. The number of aliphatic hydroxyl groups excluding tert-OH is 1. The van der Waals surface area contributed by atoms with E-state index in [9.17, 15) is 23.1 Å². The molecule has 0 bridgehead atoms. The van der Waals surface area contributed by atoms with E-state index >= 15 is 0 Å². The van der Waals surface area contributed by atoms with Crippen LogP contribution >= 0.6 is 0 Å². The van der Waals surface area contributed by atoms with Gasteiger partial charge in [-0.05, 0) is 51.1 Å². The van der Waals surface area contributed by atoms with E-state index in [2.05, 4.69) is 15.2 Å². The van der Waals surface area contributed by atoms with Crippen LogP contribution in [-0.2, 0) is 21.2 Å². The number of aliphatic hydroxyl groups is 1. The highest BCUT2D eigenvalue weighted by Crippen LogP contribution is 2.31. The van der Waals surface area contributed by atoms with Crippen molar-refractivity contribution in [2.45, 2.75) is 51.2 Å². The van der Waals surface area contributed by atoms with Crippen LogP contribution in [0.25, 0.3) is 0 Å². The lowest BCUT2D eigenvalue weighted by Crippen LogP contribution is -2.48. The highest BCUT2D eigenvalue weighted by atomic mass is 32.2. The quantitative estimate of drug-likeness (QED) is 0.356. The summed E-state index contributed by atoms with van der Waals surface area (Å²) in [6.07, 6.45) is -0.607. The molecule has 226 valence electrons. The third kappa shape index (κ3) is 7.02. The van der Waals surface area contributed by atoms with Crippen molar-refractivity contribution in [2.75, 3.05) is 36.8 Å². The van der Waals surface area contributed by atoms with Crippen LogP contribution in [0.4, 0.5) is 16.2 Å². The maximum absolute atomic E-state index is 13.5. The number of likely N-dealkylation sites (N-methyl/N-ethyl adjacent to an activating group) is 1. The first-order chi connectivity index (χ1) is 19.9. The number of aromatic nitrogens is 1. The van der Waals surface area contributed by atoms with E-state index < -0.39 is 22.2 Å². The summed E-state index contributed by atoms with van der Waals surface area (Å²) in [5, 5.41) is 16.5. The Hall–Kier alpha value is -4.10. The molecule has 42 heavy (non-hydrogen) atoms. The lowest BCUT2D eigenvalue weighted by atomic mass is 10.0. The van der Waals surface area contributed by atoms with Crippen LogP contribution in [0.2, 0.25) is 0 Å². The summed E-state index contributed by atoms with van der Waals surface area (Å²) in [5.41, 5.74) is 1.58. The number of hydrogen-bond acceptors (Lipinski definition) is 8. The van der Waals surface area contributed by atoms with E-state index in [4.69, 9.17) is 9.26 Å². The molecule has 12 nitrogen and oxygen atoms in total. The van der Waals surface area contributed by atoms with Crippen molar-refractivity contribution >= 4 is 33.3 Å². The van der Waals surface area contributed by atoms with Gasteiger partial charge in [0.05, 0.1) is 25.6 Å². The van der Waals surface area contributed by atoms with Crippen molar-refractivity contribution in [3.63, 3.8) is 0 Å². The predicted molar refractivity (Wildman–Crippen MR) is 157 cm³/mol. The fourth-order valence-corrected chi connectivity index (χ4v) is 6.25. The Balaban J connectivity index is 1.63. The van der Waals surface area contributed by atoms with Gasteiger partial charge in [-0.15, -0.1) is 0 Å². The number of para-hydroxylation sites is 1. The van der Waals surface area contributed by atoms with Crippen LogP contribution in [0.15, 0.2) is 57.9 Å². The molecule has 13 heteroatoms. The number of urea groups is 1. The Bertz CT molecular complexity index is 1510. The van der Waals surface area contributed by atoms with Gasteiger partial charge in [-0.3, -0.25) is 9.52 Å². The normalized spacial score (nSPS) is 18.1. The molecule has 4 rings (SSSR count). The minimum Gasteiger partial charge on any atom is -0.488 e. The fourth-order valence-electron chi connectivity index (χ4n) is 4.87. The zero-order valence-electron chi connectivity index (χ0n) is 24.3. The van der Waals surface area contributed by atoms with Crippen LogP contribution < -0.4 is 14.8 Å².